The van der Waals surface area contributed by atoms with Crippen LogP contribution in [-0.2, 0) is 16.1 Å². The molecule has 0 aromatic heterocycles. The Labute approximate surface area is 158 Å². The molecule has 1 rings (SSSR count). The van der Waals surface area contributed by atoms with Gasteiger partial charge in [0.05, 0.1) is 0 Å². The van der Waals surface area contributed by atoms with E-state index in [1.54, 1.807) is 0 Å². The van der Waals surface area contributed by atoms with Gasteiger partial charge in [-0.15, -0.1) is 0 Å². The zero-order chi connectivity index (χ0) is 18.5. The first-order valence-electron chi connectivity index (χ1n) is 10.00. The normalized spacial score (nSPS) is 11.3. The van der Waals surface area contributed by atoms with Crippen molar-refractivity contribution in [1.29, 1.82) is 0 Å². The van der Waals surface area contributed by atoms with E-state index in [1.165, 1.54) is 51.8 Å². The molecule has 0 aliphatic heterocycles. The van der Waals surface area contributed by atoms with Crippen molar-refractivity contribution < 1.29 is 9.53 Å². The third-order valence-corrected chi connectivity index (χ3v) is 20.6. The molecule has 0 radical (unpaired) electrons. The van der Waals surface area contributed by atoms with Crippen LogP contribution in [0, 0.1) is 0 Å². The van der Waals surface area contributed by atoms with Gasteiger partial charge in [-0.3, -0.25) is 0 Å². The van der Waals surface area contributed by atoms with Gasteiger partial charge in [-0.1, -0.05) is 0 Å². The number of ether oxygens (including phenoxy) is 1. The molecule has 0 saturated carbocycles. The van der Waals surface area contributed by atoms with Gasteiger partial charge in [0.15, 0.2) is 0 Å². The van der Waals surface area contributed by atoms with E-state index in [2.05, 4.69) is 27.4 Å². The Morgan fingerprint density at radius 2 is 1.40 bits per heavy atom. The van der Waals surface area contributed by atoms with Gasteiger partial charge >= 0.3 is 159 Å². The summed E-state index contributed by atoms with van der Waals surface area (Å²) in [6, 6.07) is 9.93. The summed E-state index contributed by atoms with van der Waals surface area (Å²) < 4.78 is 10.3. The van der Waals surface area contributed by atoms with Crippen LogP contribution in [0.2, 0.25) is 13.3 Å². The van der Waals surface area contributed by atoms with E-state index < -0.39 is 18.4 Å². The molecule has 140 valence electrons. The Hall–Kier alpha value is -0.771. The minimum atomic E-state index is -2.73. The number of unbranched alkanes of at least 4 members (excludes halogenated alkanes) is 3. The van der Waals surface area contributed by atoms with Crippen molar-refractivity contribution in [2.24, 2.45) is 0 Å². The fraction of sp³-hybridized carbons (Fsp3) is 0.591. The molecule has 0 aliphatic rings. The Morgan fingerprint density at radius 1 is 0.920 bits per heavy atom. The van der Waals surface area contributed by atoms with E-state index in [1.807, 2.05) is 30.3 Å². The molecule has 0 saturated heterocycles. The first-order chi connectivity index (χ1) is 12.1. The summed E-state index contributed by atoms with van der Waals surface area (Å²) in [7, 11) is 0. The number of benzene rings is 1. The molecule has 0 aliphatic carbocycles. The average Bonchev–Trinajstić information content (AvgIpc) is 2.66. The molecule has 1 aromatic rings. The molecule has 2 nitrogen and oxygen atoms in total. The summed E-state index contributed by atoms with van der Waals surface area (Å²) in [5.74, 6) is -0.122. The Morgan fingerprint density at radius 3 is 1.84 bits per heavy atom. The summed E-state index contributed by atoms with van der Waals surface area (Å²) in [4.78, 5) is 12.8. The topological polar surface area (TPSA) is 26.3 Å². The summed E-state index contributed by atoms with van der Waals surface area (Å²) in [5, 5.41) is 0. The van der Waals surface area contributed by atoms with Gasteiger partial charge in [-0.2, -0.15) is 0 Å². The van der Waals surface area contributed by atoms with Crippen molar-refractivity contribution in [2.45, 2.75) is 79.2 Å². The SMILES string of the molecule is C=[C](C(=O)OCc1ccccc1)[Sn]([CH2]CCC)([CH2]CCC)[CH2]CCC. The van der Waals surface area contributed by atoms with Crippen LogP contribution < -0.4 is 0 Å². The molecule has 0 amide bonds. The van der Waals surface area contributed by atoms with Crippen molar-refractivity contribution in [3.05, 3.63) is 46.1 Å². The quantitative estimate of drug-likeness (QED) is 0.190. The third kappa shape index (κ3) is 7.55. The van der Waals surface area contributed by atoms with Crippen molar-refractivity contribution in [1.82, 2.24) is 0 Å². The van der Waals surface area contributed by atoms with Gasteiger partial charge in [0.1, 0.15) is 0 Å². The maximum atomic E-state index is 12.8. The Kier molecular flexibility index (Phi) is 11.2. The van der Waals surface area contributed by atoms with Crippen LogP contribution in [0.1, 0.15) is 64.9 Å². The van der Waals surface area contributed by atoms with E-state index in [-0.39, 0.29) is 5.97 Å². The molecule has 0 N–H and O–H groups in total. The first kappa shape index (κ1) is 22.3. The second-order valence-corrected chi connectivity index (χ2v) is 20.4. The Balaban J connectivity index is 2.84. The maximum absolute atomic E-state index is 12.8. The van der Waals surface area contributed by atoms with Gasteiger partial charge in [-0.05, 0) is 0 Å². The van der Waals surface area contributed by atoms with Gasteiger partial charge in [0.25, 0.3) is 0 Å². The summed E-state index contributed by atoms with van der Waals surface area (Å²) in [5.41, 5.74) is 1.04. The van der Waals surface area contributed by atoms with E-state index in [0.717, 1.165) is 9.15 Å². The van der Waals surface area contributed by atoms with Crippen molar-refractivity contribution in [2.75, 3.05) is 0 Å². The molecule has 0 fully saturated rings. The van der Waals surface area contributed by atoms with Crippen molar-refractivity contribution >= 4 is 24.3 Å². The number of carbonyl (C=O) groups excluding carboxylic acids is 1. The van der Waals surface area contributed by atoms with E-state index >= 15 is 0 Å². The van der Waals surface area contributed by atoms with E-state index in [4.69, 9.17) is 4.74 Å². The first-order valence-corrected chi connectivity index (χ1v) is 17.5. The molecule has 0 bridgehead atoms. The second-order valence-electron chi connectivity index (χ2n) is 7.13. The predicted octanol–water partition coefficient (Wildman–Crippen LogP) is 6.67. The molecular weight excluding hydrogens is 415 g/mol. The fourth-order valence-electron chi connectivity index (χ4n) is 3.40. The van der Waals surface area contributed by atoms with Crippen LogP contribution in [0.5, 0.6) is 0 Å². The van der Waals surface area contributed by atoms with Crippen LogP contribution in [0.3, 0.4) is 0 Å². The molecular formula is C22H36O2Sn. The zero-order valence-electron chi connectivity index (χ0n) is 16.5. The van der Waals surface area contributed by atoms with Crippen molar-refractivity contribution in [3.63, 3.8) is 0 Å². The number of carbonyl (C=O) groups is 1. The molecule has 0 atom stereocenters. The number of hydrogen-bond acceptors (Lipinski definition) is 2. The van der Waals surface area contributed by atoms with Crippen LogP contribution in [0.15, 0.2) is 40.5 Å². The predicted molar refractivity (Wildman–Crippen MR) is 110 cm³/mol. The number of hydrogen-bond donors (Lipinski definition) is 0. The van der Waals surface area contributed by atoms with Gasteiger partial charge in [0.2, 0.25) is 0 Å². The van der Waals surface area contributed by atoms with Crippen LogP contribution in [0.4, 0.5) is 0 Å². The van der Waals surface area contributed by atoms with Crippen LogP contribution in [-0.4, -0.2) is 24.3 Å². The average molecular weight is 451 g/mol. The van der Waals surface area contributed by atoms with Crippen molar-refractivity contribution in [3.8, 4) is 0 Å². The van der Waals surface area contributed by atoms with E-state index in [0.29, 0.717) is 6.61 Å². The molecule has 0 spiro atoms. The van der Waals surface area contributed by atoms with E-state index in [9.17, 15) is 4.79 Å². The minimum absolute atomic E-state index is 0.122. The number of esters is 1. The summed E-state index contributed by atoms with van der Waals surface area (Å²) in [6.45, 7) is 11.4. The standard InChI is InChI=1S/C10H9O2.3C4H9.Sn/c1-2-10(11)12-8-9-6-4-3-5-7-9;3*1-3-4-2;/h3-7H,1,8H2;3*1,3-4H2,2H3;. The van der Waals surface area contributed by atoms with Crippen LogP contribution in [0.25, 0.3) is 0 Å². The third-order valence-electron chi connectivity index (χ3n) is 5.13. The molecule has 1 aromatic carbocycles. The summed E-state index contributed by atoms with van der Waals surface area (Å²) >= 11 is -2.73. The molecule has 0 heterocycles. The number of rotatable bonds is 13. The fourth-order valence-corrected chi connectivity index (χ4v) is 18.4. The van der Waals surface area contributed by atoms with Gasteiger partial charge < -0.3 is 0 Å². The zero-order valence-corrected chi connectivity index (χ0v) is 19.3. The molecule has 25 heavy (non-hydrogen) atoms. The monoisotopic (exact) mass is 452 g/mol. The molecule has 0 unspecified atom stereocenters. The molecule has 3 heteroatoms. The summed E-state index contributed by atoms with van der Waals surface area (Å²) in [6.07, 6.45) is 7.28. The van der Waals surface area contributed by atoms with Gasteiger partial charge in [-0.25, -0.2) is 0 Å². The second kappa shape index (κ2) is 12.6. The van der Waals surface area contributed by atoms with Gasteiger partial charge in [0, 0.05) is 0 Å². The van der Waals surface area contributed by atoms with Crippen LogP contribution >= 0.6 is 0 Å². The Bertz CT molecular complexity index is 488.